The number of rotatable bonds is 8. The predicted octanol–water partition coefficient (Wildman–Crippen LogP) is 1.54. The molecule has 0 saturated heterocycles. The molecule has 138 valence electrons. The fourth-order valence-corrected chi connectivity index (χ4v) is 2.67. The number of fused-ring (bicyclic) bond motifs is 1. The number of anilines is 2. The molecular weight excluding hydrogens is 342 g/mol. The highest BCUT2D eigenvalue weighted by atomic mass is 16.7. The average molecular weight is 361 g/mol. The molecule has 2 heterocycles. The molecule has 0 saturated carbocycles. The Bertz CT molecular complexity index is 801. The number of aliphatic hydroxyl groups is 1. The highest BCUT2D eigenvalue weighted by Crippen LogP contribution is 2.34. The lowest BCUT2D eigenvalue weighted by molar-refractivity contribution is -0.383. The first kappa shape index (κ1) is 17.7. The summed E-state index contributed by atoms with van der Waals surface area (Å²) in [5.74, 6) is 1.61. The minimum Gasteiger partial charge on any atom is -0.454 e. The first-order valence-electron chi connectivity index (χ1n) is 8.11. The van der Waals surface area contributed by atoms with Gasteiger partial charge in [-0.15, -0.1) is 0 Å². The van der Waals surface area contributed by atoms with Gasteiger partial charge in [-0.1, -0.05) is 6.07 Å². The summed E-state index contributed by atoms with van der Waals surface area (Å²) in [6.45, 7) is 2.93. The Morgan fingerprint density at radius 2 is 2.15 bits per heavy atom. The molecule has 1 aliphatic rings. The van der Waals surface area contributed by atoms with Crippen LogP contribution in [0, 0.1) is 10.1 Å². The van der Waals surface area contributed by atoms with E-state index in [1.165, 1.54) is 6.33 Å². The molecule has 0 atom stereocenters. The lowest BCUT2D eigenvalue weighted by Crippen LogP contribution is -2.28. The number of ether oxygens (including phenoxy) is 2. The molecule has 1 aromatic heterocycles. The smallest absolute Gasteiger partial charge is 0.353 e. The first-order chi connectivity index (χ1) is 12.6. The van der Waals surface area contributed by atoms with E-state index in [0.29, 0.717) is 24.6 Å². The van der Waals surface area contributed by atoms with Gasteiger partial charge in [0.25, 0.3) is 0 Å². The van der Waals surface area contributed by atoms with E-state index < -0.39 is 4.92 Å². The lowest BCUT2D eigenvalue weighted by Gasteiger charge is -2.20. The number of benzene rings is 1. The normalized spacial score (nSPS) is 12.1. The second-order valence-corrected chi connectivity index (χ2v) is 5.50. The topological polar surface area (TPSA) is 123 Å². The molecule has 10 nitrogen and oxygen atoms in total. The number of nitrogens with zero attached hydrogens (tertiary/aromatic N) is 4. The highest BCUT2D eigenvalue weighted by molar-refractivity contribution is 5.70. The van der Waals surface area contributed by atoms with Crippen LogP contribution in [0.2, 0.25) is 0 Å². The molecule has 26 heavy (non-hydrogen) atoms. The number of likely N-dealkylation sites (N-methyl/N-ethyl adjacent to an activating group) is 1. The summed E-state index contributed by atoms with van der Waals surface area (Å²) in [5, 5.41) is 23.7. The molecule has 0 radical (unpaired) electrons. The Morgan fingerprint density at radius 1 is 1.35 bits per heavy atom. The van der Waals surface area contributed by atoms with E-state index in [9.17, 15) is 10.1 Å². The molecule has 0 spiro atoms. The van der Waals surface area contributed by atoms with E-state index in [2.05, 4.69) is 15.3 Å². The molecule has 0 aliphatic carbocycles. The van der Waals surface area contributed by atoms with Gasteiger partial charge in [0.2, 0.25) is 18.4 Å². The zero-order chi connectivity index (χ0) is 18.5. The zero-order valence-corrected chi connectivity index (χ0v) is 14.2. The number of aliphatic hydroxyl groups excluding tert-OH is 1. The standard InChI is InChI=1S/C16H19N5O5/c1-2-20(5-6-22)16-14(21(23)24)15(18-9-19-16)17-8-11-3-4-12-13(7-11)26-10-25-12/h3-4,7,9,22H,2,5-6,8,10H2,1H3,(H,17,18,19). The molecule has 3 rings (SSSR count). The van der Waals surface area contributed by atoms with Gasteiger partial charge in [0.1, 0.15) is 6.33 Å². The molecule has 1 aromatic carbocycles. The van der Waals surface area contributed by atoms with Crippen LogP contribution in [0.15, 0.2) is 24.5 Å². The predicted molar refractivity (Wildman–Crippen MR) is 93.6 cm³/mol. The van der Waals surface area contributed by atoms with Crippen molar-refractivity contribution >= 4 is 17.3 Å². The van der Waals surface area contributed by atoms with Gasteiger partial charge in [-0.25, -0.2) is 9.97 Å². The van der Waals surface area contributed by atoms with Crippen molar-refractivity contribution in [1.82, 2.24) is 9.97 Å². The van der Waals surface area contributed by atoms with E-state index in [0.717, 1.165) is 5.56 Å². The van der Waals surface area contributed by atoms with Crippen molar-refractivity contribution in [2.75, 3.05) is 36.7 Å². The van der Waals surface area contributed by atoms with E-state index >= 15 is 0 Å². The summed E-state index contributed by atoms with van der Waals surface area (Å²) in [7, 11) is 0. The number of hydrogen-bond acceptors (Lipinski definition) is 9. The van der Waals surface area contributed by atoms with Crippen LogP contribution in [0.4, 0.5) is 17.3 Å². The number of nitro groups is 1. The minimum absolute atomic E-state index is 0.119. The number of aromatic nitrogens is 2. The van der Waals surface area contributed by atoms with E-state index in [-0.39, 0.29) is 37.3 Å². The van der Waals surface area contributed by atoms with Crippen LogP contribution in [0.3, 0.4) is 0 Å². The highest BCUT2D eigenvalue weighted by Gasteiger charge is 2.26. The quantitative estimate of drug-likeness (QED) is 0.532. The van der Waals surface area contributed by atoms with Gasteiger partial charge in [0, 0.05) is 19.6 Å². The van der Waals surface area contributed by atoms with Crippen molar-refractivity contribution < 1.29 is 19.5 Å². The molecule has 0 amide bonds. The van der Waals surface area contributed by atoms with Gasteiger partial charge in [0.15, 0.2) is 11.5 Å². The van der Waals surface area contributed by atoms with Gasteiger partial charge < -0.3 is 24.8 Å². The van der Waals surface area contributed by atoms with Crippen molar-refractivity contribution in [2.24, 2.45) is 0 Å². The minimum atomic E-state index is -0.517. The molecular formula is C16H19N5O5. The van der Waals surface area contributed by atoms with Gasteiger partial charge in [0.05, 0.1) is 11.5 Å². The van der Waals surface area contributed by atoms with Crippen molar-refractivity contribution in [3.8, 4) is 11.5 Å². The SMILES string of the molecule is CCN(CCO)c1ncnc(NCc2ccc3c(c2)OCO3)c1[N+](=O)[O-]. The summed E-state index contributed by atoms with van der Waals surface area (Å²) >= 11 is 0. The third-order valence-corrected chi connectivity index (χ3v) is 3.93. The van der Waals surface area contributed by atoms with Crippen molar-refractivity contribution in [3.63, 3.8) is 0 Å². The maximum absolute atomic E-state index is 11.6. The maximum Gasteiger partial charge on any atom is 0.353 e. The molecule has 10 heteroatoms. The summed E-state index contributed by atoms with van der Waals surface area (Å²) in [4.78, 5) is 20.8. The molecule has 0 unspecified atom stereocenters. The first-order valence-corrected chi connectivity index (χ1v) is 8.11. The summed E-state index contributed by atoms with van der Waals surface area (Å²) < 4.78 is 10.6. The van der Waals surface area contributed by atoms with Crippen LogP contribution < -0.4 is 19.7 Å². The molecule has 2 aromatic rings. The van der Waals surface area contributed by atoms with E-state index in [1.54, 1.807) is 11.0 Å². The fourth-order valence-electron chi connectivity index (χ4n) is 2.67. The largest absolute Gasteiger partial charge is 0.454 e. The van der Waals surface area contributed by atoms with Crippen molar-refractivity contribution in [3.05, 3.63) is 40.2 Å². The van der Waals surface area contributed by atoms with E-state index in [1.807, 2.05) is 19.1 Å². The van der Waals surface area contributed by atoms with Gasteiger partial charge in [-0.05, 0) is 24.6 Å². The Balaban J connectivity index is 1.84. The Morgan fingerprint density at radius 3 is 2.88 bits per heavy atom. The number of hydrogen-bond donors (Lipinski definition) is 2. The van der Waals surface area contributed by atoms with Crippen molar-refractivity contribution in [2.45, 2.75) is 13.5 Å². The monoisotopic (exact) mass is 361 g/mol. The van der Waals surface area contributed by atoms with Crippen LogP contribution in [0.5, 0.6) is 11.5 Å². The second kappa shape index (κ2) is 7.83. The van der Waals surface area contributed by atoms with Gasteiger partial charge >= 0.3 is 5.69 Å². The maximum atomic E-state index is 11.6. The Hall–Kier alpha value is -3.14. The lowest BCUT2D eigenvalue weighted by atomic mass is 10.2. The molecule has 2 N–H and O–H groups in total. The Labute approximate surface area is 149 Å². The second-order valence-electron chi connectivity index (χ2n) is 5.50. The molecule has 1 aliphatic heterocycles. The summed E-state index contributed by atoms with van der Waals surface area (Å²) in [6.07, 6.45) is 1.27. The average Bonchev–Trinajstić information content (AvgIpc) is 3.11. The Kier molecular flexibility index (Phi) is 5.32. The zero-order valence-electron chi connectivity index (χ0n) is 14.2. The third-order valence-electron chi connectivity index (χ3n) is 3.93. The van der Waals surface area contributed by atoms with E-state index in [4.69, 9.17) is 14.6 Å². The number of nitrogens with one attached hydrogen (secondary N) is 1. The van der Waals surface area contributed by atoms with Crippen LogP contribution in [-0.2, 0) is 6.54 Å². The third kappa shape index (κ3) is 3.59. The molecule has 0 bridgehead atoms. The molecule has 0 fully saturated rings. The summed E-state index contributed by atoms with van der Waals surface area (Å²) in [5.41, 5.74) is 0.648. The van der Waals surface area contributed by atoms with Gasteiger partial charge in [-0.3, -0.25) is 10.1 Å². The van der Waals surface area contributed by atoms with Crippen molar-refractivity contribution in [1.29, 1.82) is 0 Å². The van der Waals surface area contributed by atoms with Gasteiger partial charge in [-0.2, -0.15) is 0 Å². The van der Waals surface area contributed by atoms with Crippen LogP contribution in [-0.4, -0.2) is 46.5 Å². The van der Waals surface area contributed by atoms with Crippen LogP contribution in [0.1, 0.15) is 12.5 Å². The van der Waals surface area contributed by atoms with Crippen LogP contribution >= 0.6 is 0 Å². The van der Waals surface area contributed by atoms with Crippen LogP contribution in [0.25, 0.3) is 0 Å². The summed E-state index contributed by atoms with van der Waals surface area (Å²) in [6, 6.07) is 5.45. The fraction of sp³-hybridized carbons (Fsp3) is 0.375.